The number of nitrogens with one attached hydrogen (secondary N) is 3. The fourth-order valence-corrected chi connectivity index (χ4v) is 7.19. The van der Waals surface area contributed by atoms with Gasteiger partial charge in [-0.05, 0) is 74.6 Å². The van der Waals surface area contributed by atoms with E-state index in [1.54, 1.807) is 45.0 Å². The second-order valence-corrected chi connectivity index (χ2v) is 17.1. The van der Waals surface area contributed by atoms with Crippen LogP contribution in [0.2, 0.25) is 0 Å². The van der Waals surface area contributed by atoms with E-state index in [9.17, 15) is 31.2 Å². The van der Waals surface area contributed by atoms with E-state index in [1.165, 1.54) is 29.3 Å². The Kier molecular flexibility index (Phi) is 20.2. The van der Waals surface area contributed by atoms with Crippen molar-refractivity contribution in [2.45, 2.75) is 61.7 Å². The molecule has 2 amide bonds. The minimum Gasteiger partial charge on any atom is -0.468 e. The minimum atomic E-state index is -4.22. The molecule has 0 aliphatic rings. The van der Waals surface area contributed by atoms with Gasteiger partial charge in [-0.2, -0.15) is 4.72 Å². The standard InChI is InChI=1S/C39H54N4O13S2/c1-39(2,3)56-38(46)40-28-36(37(45)51-4)42-58(49,50)35-18-14-33(15-19-35)32-12-16-34(17-13-32)57(47,48)41-20-8-22-52-24-26-54-27-25-53-23-9-21-43(30-44)55-29-31-10-6-5-7-11-31/h5-7,10-19,30,36,41-42H,8-9,20-29H2,1-4H3,(H,40,46). The number of carbonyl (C=O) groups excluding carboxylic acids is 3. The Morgan fingerprint density at radius 1 is 0.741 bits per heavy atom. The van der Waals surface area contributed by atoms with Crippen LogP contribution in [0.4, 0.5) is 4.79 Å². The molecule has 320 valence electrons. The van der Waals surface area contributed by atoms with Crippen molar-refractivity contribution >= 4 is 38.5 Å². The van der Waals surface area contributed by atoms with Crippen LogP contribution < -0.4 is 14.8 Å². The summed E-state index contributed by atoms with van der Waals surface area (Å²) in [6, 6.07) is 20.0. The molecule has 1 unspecified atom stereocenters. The van der Waals surface area contributed by atoms with Gasteiger partial charge in [-0.15, -0.1) is 0 Å². The van der Waals surface area contributed by atoms with Gasteiger partial charge in [-0.1, -0.05) is 54.6 Å². The van der Waals surface area contributed by atoms with Gasteiger partial charge in [0.15, 0.2) is 0 Å². The number of nitrogens with zero attached hydrogens (tertiary/aromatic N) is 1. The van der Waals surface area contributed by atoms with Gasteiger partial charge in [-0.25, -0.2) is 31.4 Å². The highest BCUT2D eigenvalue weighted by Crippen LogP contribution is 2.23. The van der Waals surface area contributed by atoms with E-state index >= 15 is 0 Å². The van der Waals surface area contributed by atoms with Gasteiger partial charge in [0.2, 0.25) is 26.5 Å². The van der Waals surface area contributed by atoms with Crippen LogP contribution in [-0.4, -0.2) is 118 Å². The van der Waals surface area contributed by atoms with E-state index in [-0.39, 0.29) is 16.3 Å². The summed E-state index contributed by atoms with van der Waals surface area (Å²) in [6.07, 6.45) is 0.870. The van der Waals surface area contributed by atoms with Crippen LogP contribution >= 0.6 is 0 Å². The third-order valence-electron chi connectivity index (χ3n) is 7.82. The lowest BCUT2D eigenvalue weighted by Crippen LogP contribution is -2.49. The van der Waals surface area contributed by atoms with Gasteiger partial charge >= 0.3 is 12.1 Å². The number of hydrogen-bond acceptors (Lipinski definition) is 13. The lowest BCUT2D eigenvalue weighted by Gasteiger charge is -2.21. The first-order valence-corrected chi connectivity index (χ1v) is 21.5. The first-order chi connectivity index (χ1) is 27.6. The van der Waals surface area contributed by atoms with Gasteiger partial charge in [-0.3, -0.25) is 14.4 Å². The van der Waals surface area contributed by atoms with E-state index in [0.29, 0.717) is 83.2 Å². The van der Waals surface area contributed by atoms with Crippen LogP contribution in [0, 0.1) is 0 Å². The molecule has 3 aromatic rings. The Labute approximate surface area is 340 Å². The molecule has 17 nitrogen and oxygen atoms in total. The molecule has 0 aromatic heterocycles. The molecule has 3 N–H and O–H groups in total. The molecule has 1 atom stereocenters. The number of hydrogen-bond donors (Lipinski definition) is 3. The van der Waals surface area contributed by atoms with Crippen molar-refractivity contribution in [2.24, 2.45) is 0 Å². The molecule has 0 aliphatic heterocycles. The number of rotatable bonds is 27. The lowest BCUT2D eigenvalue weighted by atomic mass is 10.1. The van der Waals surface area contributed by atoms with E-state index < -0.39 is 50.3 Å². The first-order valence-electron chi connectivity index (χ1n) is 18.5. The van der Waals surface area contributed by atoms with Crippen LogP contribution in [0.15, 0.2) is 88.7 Å². The summed E-state index contributed by atoms with van der Waals surface area (Å²) in [5.74, 6) is -0.908. The molecule has 0 fully saturated rings. The number of hydroxylamine groups is 2. The van der Waals surface area contributed by atoms with Gasteiger partial charge in [0.25, 0.3) is 0 Å². The van der Waals surface area contributed by atoms with Crippen LogP contribution in [0.3, 0.4) is 0 Å². The molecule has 0 heterocycles. The summed E-state index contributed by atoms with van der Waals surface area (Å²) < 4.78 is 82.9. The van der Waals surface area contributed by atoms with Crippen LogP contribution in [0.5, 0.6) is 0 Å². The molecular formula is C39H54N4O13S2. The van der Waals surface area contributed by atoms with Gasteiger partial charge in [0.1, 0.15) is 18.2 Å². The minimum absolute atomic E-state index is 0.0579. The summed E-state index contributed by atoms with van der Waals surface area (Å²) in [6.45, 7) is 7.69. The second kappa shape index (κ2) is 24.5. The normalized spacial score (nSPS) is 12.4. The van der Waals surface area contributed by atoms with Crippen molar-refractivity contribution < 1.29 is 59.7 Å². The molecule has 3 rings (SSSR count). The average Bonchev–Trinajstić information content (AvgIpc) is 3.20. The number of benzene rings is 3. The van der Waals surface area contributed by atoms with Crippen molar-refractivity contribution in [3.63, 3.8) is 0 Å². The van der Waals surface area contributed by atoms with Crippen molar-refractivity contribution in [1.82, 2.24) is 19.8 Å². The summed E-state index contributed by atoms with van der Waals surface area (Å²) in [5, 5.41) is 3.61. The Balaban J connectivity index is 1.30. The smallest absolute Gasteiger partial charge is 0.407 e. The summed E-state index contributed by atoms with van der Waals surface area (Å²) in [4.78, 5) is 40.9. The Morgan fingerprint density at radius 3 is 1.81 bits per heavy atom. The van der Waals surface area contributed by atoms with Gasteiger partial charge < -0.3 is 29.0 Å². The molecule has 0 saturated carbocycles. The fourth-order valence-electron chi connectivity index (χ4n) is 4.93. The Bertz CT molecular complexity index is 1910. The first kappa shape index (κ1) is 47.9. The van der Waals surface area contributed by atoms with Crippen molar-refractivity contribution in [1.29, 1.82) is 0 Å². The van der Waals surface area contributed by atoms with Crippen LogP contribution in [-0.2, 0) is 64.8 Å². The number of esters is 1. The highest BCUT2D eigenvalue weighted by atomic mass is 32.2. The summed E-state index contributed by atoms with van der Waals surface area (Å²) >= 11 is 0. The topological polar surface area (TPSA) is 214 Å². The molecular weight excluding hydrogens is 797 g/mol. The SMILES string of the molecule is COC(=O)C(CNC(=O)OC(C)(C)C)NS(=O)(=O)c1ccc(-c2ccc(S(=O)(=O)NCCCOCCOCCOCCCN(C=O)OCc3ccccc3)cc2)cc1. The molecule has 0 spiro atoms. The molecule has 0 radical (unpaired) electrons. The van der Waals surface area contributed by atoms with E-state index in [4.69, 9.17) is 28.5 Å². The summed E-state index contributed by atoms with van der Waals surface area (Å²) in [5.41, 5.74) is 1.43. The van der Waals surface area contributed by atoms with Gasteiger partial charge in [0, 0.05) is 26.3 Å². The number of sulfonamides is 2. The molecule has 0 saturated heterocycles. The molecule has 0 aliphatic carbocycles. The van der Waals surface area contributed by atoms with Crippen LogP contribution in [0.25, 0.3) is 11.1 Å². The third-order valence-corrected chi connectivity index (χ3v) is 10.8. The lowest BCUT2D eigenvalue weighted by molar-refractivity contribution is -0.178. The number of amides is 2. The maximum Gasteiger partial charge on any atom is 0.407 e. The maximum absolute atomic E-state index is 13.1. The fraction of sp³-hybridized carbons (Fsp3) is 0.462. The summed E-state index contributed by atoms with van der Waals surface area (Å²) in [7, 11) is -6.92. The molecule has 19 heteroatoms. The van der Waals surface area contributed by atoms with Crippen LogP contribution in [0.1, 0.15) is 39.2 Å². The van der Waals surface area contributed by atoms with Gasteiger partial charge in [0.05, 0.1) is 49.9 Å². The predicted octanol–water partition coefficient (Wildman–Crippen LogP) is 3.40. The van der Waals surface area contributed by atoms with E-state index in [2.05, 4.69) is 14.8 Å². The molecule has 0 bridgehead atoms. The van der Waals surface area contributed by atoms with Crippen molar-refractivity contribution in [3.05, 3.63) is 84.4 Å². The third kappa shape index (κ3) is 18.0. The second-order valence-electron chi connectivity index (χ2n) is 13.6. The zero-order chi connectivity index (χ0) is 42.4. The highest BCUT2D eigenvalue weighted by molar-refractivity contribution is 7.89. The zero-order valence-corrected chi connectivity index (χ0v) is 34.8. The number of methoxy groups -OCH3 is 1. The Morgan fingerprint density at radius 2 is 1.28 bits per heavy atom. The van der Waals surface area contributed by atoms with Crippen molar-refractivity contribution in [3.8, 4) is 11.1 Å². The largest absolute Gasteiger partial charge is 0.468 e. The predicted molar refractivity (Wildman–Crippen MR) is 213 cm³/mol. The van der Waals surface area contributed by atoms with E-state index in [1.807, 2.05) is 30.3 Å². The average molecular weight is 851 g/mol. The number of alkyl carbamates (subject to hydrolysis) is 1. The quantitative estimate of drug-likeness (QED) is 0.0435. The zero-order valence-electron chi connectivity index (χ0n) is 33.2. The molecule has 3 aromatic carbocycles. The number of carbonyl (C=O) groups is 3. The molecule has 58 heavy (non-hydrogen) atoms. The van der Waals surface area contributed by atoms with Crippen molar-refractivity contribution in [2.75, 3.05) is 66.4 Å². The number of ether oxygens (including phenoxy) is 5. The highest BCUT2D eigenvalue weighted by Gasteiger charge is 2.28. The maximum atomic E-state index is 13.1. The van der Waals surface area contributed by atoms with E-state index in [0.717, 1.165) is 12.7 Å². The Hall–Kier alpha value is -4.47. The monoisotopic (exact) mass is 850 g/mol.